The van der Waals surface area contributed by atoms with Crippen molar-refractivity contribution in [3.8, 4) is 16.9 Å². The number of nitrogens with zero attached hydrogens (tertiary/aromatic N) is 1. The molecule has 0 saturated heterocycles. The lowest BCUT2D eigenvalue weighted by Gasteiger charge is -2.26. The molecule has 0 spiro atoms. The van der Waals surface area contributed by atoms with Crippen molar-refractivity contribution in [3.05, 3.63) is 83.1 Å². The third-order valence-corrected chi connectivity index (χ3v) is 4.59. The summed E-state index contributed by atoms with van der Waals surface area (Å²) in [5, 5.41) is 3.64. The van der Waals surface area contributed by atoms with E-state index in [0.717, 1.165) is 22.6 Å². The fourth-order valence-electron chi connectivity index (χ4n) is 2.87. The van der Waals surface area contributed by atoms with Crippen molar-refractivity contribution in [2.24, 2.45) is 0 Å². The summed E-state index contributed by atoms with van der Waals surface area (Å²) < 4.78 is 5.21. The number of benzene rings is 2. The van der Waals surface area contributed by atoms with Crippen LogP contribution in [0, 0.1) is 0 Å². The highest BCUT2D eigenvalue weighted by Gasteiger charge is 2.26. The van der Waals surface area contributed by atoms with Crippen LogP contribution in [0.5, 0.6) is 5.75 Å². The maximum absolute atomic E-state index is 13.1. The molecule has 0 radical (unpaired) electrons. The fourth-order valence-corrected chi connectivity index (χ4v) is 3.04. The number of hydrogen-bond donors (Lipinski definition) is 1. The average molecular weight is 381 g/mol. The number of halogens is 1. The van der Waals surface area contributed by atoms with Crippen molar-refractivity contribution >= 4 is 17.5 Å². The van der Waals surface area contributed by atoms with Gasteiger partial charge in [0.05, 0.1) is 18.3 Å². The lowest BCUT2D eigenvalue weighted by atomic mass is 9.96. The first-order valence-corrected chi connectivity index (χ1v) is 8.96. The molecule has 3 aromatic rings. The molecule has 1 heterocycles. The maximum atomic E-state index is 13.1. The molecule has 0 saturated carbocycles. The SMILES string of the molecule is COc1ccc(-c2cc(Cl)ccc2C(=O)NC(C)(C)c2ccccn2)cc1. The molecule has 0 aliphatic heterocycles. The maximum Gasteiger partial charge on any atom is 0.252 e. The minimum absolute atomic E-state index is 0.187. The molecule has 0 unspecified atom stereocenters. The zero-order chi connectivity index (χ0) is 19.4. The Bertz CT molecular complexity index is 938. The molecule has 3 rings (SSSR count). The van der Waals surface area contributed by atoms with Crippen LogP contribution in [-0.2, 0) is 5.54 Å². The quantitative estimate of drug-likeness (QED) is 0.671. The van der Waals surface area contributed by atoms with Gasteiger partial charge >= 0.3 is 0 Å². The summed E-state index contributed by atoms with van der Waals surface area (Å²) >= 11 is 6.19. The number of methoxy groups -OCH3 is 1. The second-order valence-electron chi connectivity index (χ2n) is 6.71. The zero-order valence-electron chi connectivity index (χ0n) is 15.5. The average Bonchev–Trinajstić information content (AvgIpc) is 2.68. The number of carbonyl (C=O) groups is 1. The van der Waals surface area contributed by atoms with Gasteiger partial charge in [0.15, 0.2) is 0 Å². The van der Waals surface area contributed by atoms with Gasteiger partial charge in [-0.05, 0) is 67.4 Å². The van der Waals surface area contributed by atoms with E-state index in [9.17, 15) is 4.79 Å². The van der Waals surface area contributed by atoms with E-state index in [1.165, 1.54) is 0 Å². The zero-order valence-corrected chi connectivity index (χ0v) is 16.2. The van der Waals surface area contributed by atoms with Crippen LogP contribution in [0.2, 0.25) is 5.02 Å². The summed E-state index contributed by atoms with van der Waals surface area (Å²) in [5.41, 5.74) is 2.38. The summed E-state index contributed by atoms with van der Waals surface area (Å²) in [6.07, 6.45) is 1.72. The summed E-state index contributed by atoms with van der Waals surface area (Å²) in [5.74, 6) is 0.566. The minimum Gasteiger partial charge on any atom is -0.497 e. The van der Waals surface area contributed by atoms with Crippen LogP contribution in [0.25, 0.3) is 11.1 Å². The van der Waals surface area contributed by atoms with Gasteiger partial charge in [0.25, 0.3) is 5.91 Å². The molecule has 2 aromatic carbocycles. The number of carbonyl (C=O) groups excluding carboxylic acids is 1. The smallest absolute Gasteiger partial charge is 0.252 e. The molecule has 0 aliphatic carbocycles. The van der Waals surface area contributed by atoms with Gasteiger partial charge in [-0.15, -0.1) is 0 Å². The summed E-state index contributed by atoms with van der Waals surface area (Å²) in [7, 11) is 1.62. The third-order valence-electron chi connectivity index (χ3n) is 4.36. The number of amides is 1. The predicted octanol–water partition coefficient (Wildman–Crippen LogP) is 5.08. The number of ether oxygens (including phenoxy) is 1. The topological polar surface area (TPSA) is 51.2 Å². The van der Waals surface area contributed by atoms with Gasteiger partial charge in [-0.1, -0.05) is 29.8 Å². The van der Waals surface area contributed by atoms with Crippen LogP contribution in [-0.4, -0.2) is 18.0 Å². The van der Waals surface area contributed by atoms with E-state index in [0.29, 0.717) is 10.6 Å². The first kappa shape index (κ1) is 18.9. The highest BCUT2D eigenvalue weighted by atomic mass is 35.5. The van der Waals surface area contributed by atoms with Crippen LogP contribution in [0.15, 0.2) is 66.9 Å². The Labute approximate surface area is 164 Å². The van der Waals surface area contributed by atoms with Gasteiger partial charge in [0, 0.05) is 16.8 Å². The van der Waals surface area contributed by atoms with Crippen molar-refractivity contribution in [2.75, 3.05) is 7.11 Å². The van der Waals surface area contributed by atoms with Crippen molar-refractivity contribution in [1.82, 2.24) is 10.3 Å². The molecule has 1 N–H and O–H groups in total. The van der Waals surface area contributed by atoms with E-state index in [1.807, 2.05) is 56.3 Å². The Morgan fingerprint density at radius 2 is 1.81 bits per heavy atom. The highest BCUT2D eigenvalue weighted by molar-refractivity contribution is 6.31. The highest BCUT2D eigenvalue weighted by Crippen LogP contribution is 2.29. The first-order chi connectivity index (χ1) is 12.9. The van der Waals surface area contributed by atoms with Crippen LogP contribution < -0.4 is 10.1 Å². The van der Waals surface area contributed by atoms with Gasteiger partial charge in [0.1, 0.15) is 5.75 Å². The molecule has 27 heavy (non-hydrogen) atoms. The molecule has 138 valence electrons. The van der Waals surface area contributed by atoms with Crippen LogP contribution >= 0.6 is 11.6 Å². The predicted molar refractivity (Wildman–Crippen MR) is 108 cm³/mol. The van der Waals surface area contributed by atoms with E-state index < -0.39 is 5.54 Å². The molecule has 0 atom stereocenters. The number of aromatic nitrogens is 1. The van der Waals surface area contributed by atoms with Gasteiger partial charge in [-0.3, -0.25) is 9.78 Å². The number of nitrogens with one attached hydrogen (secondary N) is 1. The molecule has 1 aromatic heterocycles. The lowest BCUT2D eigenvalue weighted by Crippen LogP contribution is -2.41. The molecule has 4 nitrogen and oxygen atoms in total. The Kier molecular flexibility index (Phi) is 5.47. The molecule has 1 amide bonds. The summed E-state index contributed by atoms with van der Waals surface area (Å²) in [6.45, 7) is 3.85. The van der Waals surface area contributed by atoms with Crippen molar-refractivity contribution in [2.45, 2.75) is 19.4 Å². The molecule has 5 heteroatoms. The van der Waals surface area contributed by atoms with Crippen LogP contribution in [0.1, 0.15) is 29.9 Å². The van der Waals surface area contributed by atoms with E-state index in [2.05, 4.69) is 10.3 Å². The molecule has 0 bridgehead atoms. The number of pyridine rings is 1. The van der Waals surface area contributed by atoms with E-state index >= 15 is 0 Å². The monoisotopic (exact) mass is 380 g/mol. The first-order valence-electron chi connectivity index (χ1n) is 8.59. The molecule has 0 fully saturated rings. The van der Waals surface area contributed by atoms with Crippen molar-refractivity contribution < 1.29 is 9.53 Å². The van der Waals surface area contributed by atoms with E-state index in [-0.39, 0.29) is 5.91 Å². The lowest BCUT2D eigenvalue weighted by molar-refractivity contribution is 0.0911. The Morgan fingerprint density at radius 1 is 1.07 bits per heavy atom. The Morgan fingerprint density at radius 3 is 2.44 bits per heavy atom. The van der Waals surface area contributed by atoms with Gasteiger partial charge < -0.3 is 10.1 Å². The van der Waals surface area contributed by atoms with Crippen molar-refractivity contribution in [1.29, 1.82) is 0 Å². The second-order valence-corrected chi connectivity index (χ2v) is 7.15. The largest absolute Gasteiger partial charge is 0.497 e. The Hall–Kier alpha value is -2.85. The van der Waals surface area contributed by atoms with Crippen molar-refractivity contribution in [3.63, 3.8) is 0 Å². The minimum atomic E-state index is -0.616. The van der Waals surface area contributed by atoms with Crippen LogP contribution in [0.4, 0.5) is 0 Å². The van der Waals surface area contributed by atoms with E-state index in [1.54, 1.807) is 31.5 Å². The fraction of sp³-hybridized carbons (Fsp3) is 0.182. The van der Waals surface area contributed by atoms with E-state index in [4.69, 9.17) is 16.3 Å². The summed E-state index contributed by atoms with van der Waals surface area (Å²) in [6, 6.07) is 18.4. The normalized spacial score (nSPS) is 11.1. The standard InChI is InChI=1S/C22H21ClN2O2/c1-22(2,20-6-4-5-13-24-20)25-21(26)18-12-9-16(23)14-19(18)15-7-10-17(27-3)11-8-15/h4-14H,1-3H3,(H,25,26). The number of rotatable bonds is 5. The second kappa shape index (κ2) is 7.80. The van der Waals surface area contributed by atoms with Gasteiger partial charge in [0.2, 0.25) is 0 Å². The molecular weight excluding hydrogens is 360 g/mol. The van der Waals surface area contributed by atoms with Gasteiger partial charge in [-0.25, -0.2) is 0 Å². The molecule has 0 aliphatic rings. The third kappa shape index (κ3) is 4.29. The van der Waals surface area contributed by atoms with Gasteiger partial charge in [-0.2, -0.15) is 0 Å². The molecular formula is C22H21ClN2O2. The Balaban J connectivity index is 1.95. The number of hydrogen-bond acceptors (Lipinski definition) is 3. The van der Waals surface area contributed by atoms with Crippen LogP contribution in [0.3, 0.4) is 0 Å². The summed E-state index contributed by atoms with van der Waals surface area (Å²) in [4.78, 5) is 17.4.